The summed E-state index contributed by atoms with van der Waals surface area (Å²) in [5.41, 5.74) is 3.70. The van der Waals surface area contributed by atoms with Crippen molar-refractivity contribution >= 4 is 17.1 Å². The number of oxime groups is 3. The van der Waals surface area contributed by atoms with E-state index in [2.05, 4.69) is 15.5 Å². The van der Waals surface area contributed by atoms with Crippen LogP contribution in [0.5, 0.6) is 0 Å². The zero-order chi connectivity index (χ0) is 20.2. The number of benzene rings is 2. The third kappa shape index (κ3) is 7.20. The molecule has 0 radical (unpaired) electrons. The lowest BCUT2D eigenvalue weighted by Crippen LogP contribution is -2.39. The standard InChI is InChI=1S/C21H26N4O3/c1-17(22-26)14-25(15-20(23-27)12-18-8-4-2-5-9-18)16-21(24-28)13-19-10-6-3-7-11-19/h2-11,26-28H,12-16H2,1H3/b22-17+,23-20-,24-21-. The van der Waals surface area contributed by atoms with Gasteiger partial charge >= 0.3 is 0 Å². The molecule has 0 unspecified atom stereocenters. The smallest absolute Gasteiger partial charge is 0.0754 e. The zero-order valence-corrected chi connectivity index (χ0v) is 15.9. The lowest BCUT2D eigenvalue weighted by molar-refractivity contribution is 0.299. The van der Waals surface area contributed by atoms with Crippen LogP contribution in [-0.2, 0) is 12.8 Å². The van der Waals surface area contributed by atoms with Crippen LogP contribution in [0.4, 0.5) is 0 Å². The molecular weight excluding hydrogens is 356 g/mol. The first-order valence-corrected chi connectivity index (χ1v) is 9.02. The van der Waals surface area contributed by atoms with Crippen molar-refractivity contribution in [3.8, 4) is 0 Å². The second kappa shape index (κ2) is 11.5. The molecule has 0 spiro atoms. The summed E-state index contributed by atoms with van der Waals surface area (Å²) in [7, 11) is 0. The summed E-state index contributed by atoms with van der Waals surface area (Å²) < 4.78 is 0. The van der Waals surface area contributed by atoms with Gasteiger partial charge in [-0.3, -0.25) is 4.90 Å². The summed E-state index contributed by atoms with van der Waals surface area (Å²) in [6.45, 7) is 2.73. The van der Waals surface area contributed by atoms with Gasteiger partial charge in [0.25, 0.3) is 0 Å². The molecule has 2 aromatic rings. The molecule has 7 nitrogen and oxygen atoms in total. The minimum absolute atomic E-state index is 0.339. The highest BCUT2D eigenvalue weighted by molar-refractivity contribution is 5.92. The molecule has 28 heavy (non-hydrogen) atoms. The number of rotatable bonds is 10. The molecule has 0 saturated carbocycles. The molecule has 0 amide bonds. The van der Waals surface area contributed by atoms with Crippen LogP contribution < -0.4 is 0 Å². The fraction of sp³-hybridized carbons (Fsp3) is 0.286. The van der Waals surface area contributed by atoms with Crippen molar-refractivity contribution in [2.24, 2.45) is 15.5 Å². The van der Waals surface area contributed by atoms with Crippen molar-refractivity contribution in [2.45, 2.75) is 19.8 Å². The van der Waals surface area contributed by atoms with Crippen LogP contribution in [-0.4, -0.2) is 57.3 Å². The molecule has 0 bridgehead atoms. The lowest BCUT2D eigenvalue weighted by Gasteiger charge is -2.22. The average Bonchev–Trinajstić information content (AvgIpc) is 2.74. The van der Waals surface area contributed by atoms with Gasteiger partial charge in [0.2, 0.25) is 0 Å². The van der Waals surface area contributed by atoms with Gasteiger partial charge in [0, 0.05) is 32.5 Å². The molecule has 3 N–H and O–H groups in total. The van der Waals surface area contributed by atoms with Crippen LogP contribution in [0.25, 0.3) is 0 Å². The predicted molar refractivity (Wildman–Crippen MR) is 110 cm³/mol. The fourth-order valence-corrected chi connectivity index (χ4v) is 2.95. The monoisotopic (exact) mass is 382 g/mol. The van der Waals surface area contributed by atoms with Gasteiger partial charge in [-0.1, -0.05) is 76.1 Å². The molecule has 0 aliphatic heterocycles. The van der Waals surface area contributed by atoms with Crippen molar-refractivity contribution < 1.29 is 15.6 Å². The highest BCUT2D eigenvalue weighted by Crippen LogP contribution is 2.06. The second-order valence-electron chi connectivity index (χ2n) is 6.64. The van der Waals surface area contributed by atoms with Gasteiger partial charge in [-0.15, -0.1) is 0 Å². The highest BCUT2D eigenvalue weighted by Gasteiger charge is 2.15. The Hall–Kier alpha value is -3.19. The molecule has 0 atom stereocenters. The van der Waals surface area contributed by atoms with Gasteiger partial charge in [0.15, 0.2) is 0 Å². The van der Waals surface area contributed by atoms with Crippen LogP contribution in [0.1, 0.15) is 18.1 Å². The summed E-state index contributed by atoms with van der Waals surface area (Å²) in [6.07, 6.45) is 0.987. The SMILES string of the molecule is C/C(CN(C/C(Cc1ccccc1)=N\O)C/C(Cc1ccccc1)=N\O)=N\O. The Morgan fingerprint density at radius 2 is 1.11 bits per heavy atom. The van der Waals surface area contributed by atoms with Crippen molar-refractivity contribution in [3.63, 3.8) is 0 Å². The van der Waals surface area contributed by atoms with E-state index in [4.69, 9.17) is 5.21 Å². The maximum Gasteiger partial charge on any atom is 0.0754 e. The van der Waals surface area contributed by atoms with Gasteiger partial charge in [-0.2, -0.15) is 0 Å². The Morgan fingerprint density at radius 1 is 0.679 bits per heavy atom. The zero-order valence-electron chi connectivity index (χ0n) is 15.9. The van der Waals surface area contributed by atoms with Gasteiger partial charge in [-0.05, 0) is 18.1 Å². The topological polar surface area (TPSA) is 101 Å². The Morgan fingerprint density at radius 3 is 1.46 bits per heavy atom. The van der Waals surface area contributed by atoms with Crippen molar-refractivity contribution in [2.75, 3.05) is 19.6 Å². The molecule has 2 aromatic carbocycles. The van der Waals surface area contributed by atoms with E-state index >= 15 is 0 Å². The lowest BCUT2D eigenvalue weighted by atomic mass is 10.1. The highest BCUT2D eigenvalue weighted by atomic mass is 16.4. The summed E-state index contributed by atoms with van der Waals surface area (Å²) >= 11 is 0. The largest absolute Gasteiger partial charge is 0.411 e. The predicted octanol–water partition coefficient (Wildman–Crippen LogP) is 3.28. The first kappa shape index (κ1) is 21.1. The summed E-state index contributed by atoms with van der Waals surface area (Å²) in [5.74, 6) is 0. The molecule has 0 aliphatic rings. The van der Waals surface area contributed by atoms with E-state index in [1.54, 1.807) is 6.92 Å². The summed E-state index contributed by atoms with van der Waals surface area (Å²) in [6, 6.07) is 19.4. The maximum atomic E-state index is 9.46. The molecule has 0 aromatic heterocycles. The molecule has 0 saturated heterocycles. The van der Waals surface area contributed by atoms with Crippen LogP contribution in [0.15, 0.2) is 76.1 Å². The first-order valence-electron chi connectivity index (χ1n) is 9.02. The van der Waals surface area contributed by atoms with Gasteiger partial charge in [0.1, 0.15) is 0 Å². The van der Waals surface area contributed by atoms with Crippen molar-refractivity contribution in [3.05, 3.63) is 71.8 Å². The molecule has 2 rings (SSSR count). The van der Waals surface area contributed by atoms with Crippen LogP contribution >= 0.6 is 0 Å². The maximum absolute atomic E-state index is 9.46. The van der Waals surface area contributed by atoms with Gasteiger partial charge in [0.05, 0.1) is 17.1 Å². The Bertz CT molecular complexity index is 745. The van der Waals surface area contributed by atoms with E-state index in [0.29, 0.717) is 49.6 Å². The second-order valence-corrected chi connectivity index (χ2v) is 6.64. The summed E-state index contributed by atoms with van der Waals surface area (Å²) in [4.78, 5) is 1.91. The van der Waals surface area contributed by atoms with E-state index in [-0.39, 0.29) is 0 Å². The molecule has 0 heterocycles. The normalized spacial score (nSPS) is 13.1. The molecule has 0 fully saturated rings. The molecule has 0 aliphatic carbocycles. The third-order valence-electron chi connectivity index (χ3n) is 4.22. The number of hydrogen-bond donors (Lipinski definition) is 3. The van der Waals surface area contributed by atoms with Crippen molar-refractivity contribution in [1.29, 1.82) is 0 Å². The molecule has 7 heteroatoms. The van der Waals surface area contributed by atoms with Crippen molar-refractivity contribution in [1.82, 2.24) is 4.90 Å². The van der Waals surface area contributed by atoms with Crippen LogP contribution in [0.2, 0.25) is 0 Å². The van der Waals surface area contributed by atoms with E-state index in [1.165, 1.54) is 0 Å². The van der Waals surface area contributed by atoms with E-state index < -0.39 is 0 Å². The fourth-order valence-electron chi connectivity index (χ4n) is 2.95. The Balaban J connectivity index is 2.09. The minimum Gasteiger partial charge on any atom is -0.411 e. The van der Waals surface area contributed by atoms with Crippen LogP contribution in [0, 0.1) is 0 Å². The minimum atomic E-state index is 0.339. The van der Waals surface area contributed by atoms with E-state index in [1.807, 2.05) is 65.6 Å². The first-order chi connectivity index (χ1) is 13.6. The summed E-state index contributed by atoms with van der Waals surface area (Å²) in [5, 5.41) is 38.1. The van der Waals surface area contributed by atoms with E-state index in [0.717, 1.165) is 11.1 Å². The quantitative estimate of drug-likeness (QED) is 0.333. The Labute approximate surface area is 164 Å². The number of hydrogen-bond acceptors (Lipinski definition) is 7. The average molecular weight is 382 g/mol. The third-order valence-corrected chi connectivity index (χ3v) is 4.22. The van der Waals surface area contributed by atoms with Gasteiger partial charge < -0.3 is 15.6 Å². The van der Waals surface area contributed by atoms with E-state index in [9.17, 15) is 10.4 Å². The van der Waals surface area contributed by atoms with Crippen LogP contribution in [0.3, 0.4) is 0 Å². The number of nitrogens with zero attached hydrogens (tertiary/aromatic N) is 4. The molecular formula is C21H26N4O3. The van der Waals surface area contributed by atoms with Gasteiger partial charge in [-0.25, -0.2) is 0 Å². The Kier molecular flexibility index (Phi) is 8.68. The molecule has 148 valence electrons.